The molecule has 7 nitrogen and oxygen atoms in total. The smallest absolute Gasteiger partial charge is 0.298 e. The molecule has 0 atom stereocenters. The number of fused-ring (bicyclic) bond motifs is 1. The zero-order chi connectivity index (χ0) is 28.0. The van der Waals surface area contributed by atoms with Crippen molar-refractivity contribution >= 4 is 41.3 Å². The Labute approximate surface area is 241 Å². The first-order valence-electron chi connectivity index (χ1n) is 13.0. The Morgan fingerprint density at radius 2 is 1.80 bits per heavy atom. The molecule has 1 fully saturated rings. The Kier molecular flexibility index (Phi) is 6.80. The molecule has 1 aliphatic heterocycles. The van der Waals surface area contributed by atoms with Crippen LogP contribution in [-0.2, 0) is 28.2 Å². The van der Waals surface area contributed by atoms with Crippen molar-refractivity contribution in [1.29, 1.82) is 0 Å². The van der Waals surface area contributed by atoms with Gasteiger partial charge in [0.05, 0.1) is 27.6 Å². The lowest BCUT2D eigenvalue weighted by atomic mass is 9.86. The van der Waals surface area contributed by atoms with Gasteiger partial charge in [-0.15, -0.1) is 0 Å². The van der Waals surface area contributed by atoms with Crippen LogP contribution in [-0.4, -0.2) is 17.5 Å². The van der Waals surface area contributed by atoms with Gasteiger partial charge in [-0.2, -0.15) is 0 Å². The van der Waals surface area contributed by atoms with Crippen LogP contribution in [0.1, 0.15) is 55.1 Å². The van der Waals surface area contributed by atoms with Crippen molar-refractivity contribution in [3.05, 3.63) is 93.2 Å². The summed E-state index contributed by atoms with van der Waals surface area (Å²) in [5, 5.41) is 5.32. The summed E-state index contributed by atoms with van der Waals surface area (Å²) in [5.41, 5.74) is 3.82. The fraction of sp³-hybridized carbons (Fsp3) is 0.258. The number of carbonyl (C=O) groups is 2. The summed E-state index contributed by atoms with van der Waals surface area (Å²) in [6, 6.07) is 18.2. The third kappa shape index (κ3) is 4.73. The van der Waals surface area contributed by atoms with Gasteiger partial charge >= 0.3 is 0 Å². The topological polar surface area (TPSA) is 81.9 Å². The van der Waals surface area contributed by atoms with Crippen LogP contribution in [0.25, 0.3) is 11.3 Å². The van der Waals surface area contributed by atoms with E-state index in [0.29, 0.717) is 51.7 Å². The monoisotopic (exact) mass is 576 g/mol. The molecule has 2 aliphatic rings. The van der Waals surface area contributed by atoms with Crippen LogP contribution in [0.5, 0.6) is 11.5 Å². The van der Waals surface area contributed by atoms with Crippen molar-refractivity contribution in [2.24, 2.45) is 0 Å². The van der Waals surface area contributed by atoms with Crippen LogP contribution in [0, 0.1) is 0 Å². The lowest BCUT2D eigenvalue weighted by Crippen LogP contribution is -2.35. The number of ether oxygens (including phenoxy) is 2. The molecular formula is C31H26Cl2N2O5. The first-order valence-corrected chi connectivity index (χ1v) is 13.7. The first-order chi connectivity index (χ1) is 19.3. The number of hydrogen-bond acceptors (Lipinski definition) is 6. The maximum absolute atomic E-state index is 13.5. The maximum atomic E-state index is 13.5. The molecule has 1 saturated carbocycles. The second-order valence-electron chi connectivity index (χ2n) is 10.6. The second-order valence-corrected chi connectivity index (χ2v) is 11.4. The highest BCUT2D eigenvalue weighted by Gasteiger charge is 2.44. The zero-order valence-electron chi connectivity index (χ0n) is 21.9. The fourth-order valence-corrected chi connectivity index (χ4v) is 5.80. The highest BCUT2D eigenvalue weighted by Crippen LogP contribution is 2.47. The van der Waals surface area contributed by atoms with Gasteiger partial charge in [0.1, 0.15) is 29.6 Å². The van der Waals surface area contributed by atoms with Gasteiger partial charge in [-0.1, -0.05) is 46.6 Å². The minimum atomic E-state index is -0.752. The average molecular weight is 577 g/mol. The molecule has 6 rings (SSSR count). The third-order valence-corrected chi connectivity index (χ3v) is 8.11. The third-order valence-electron chi connectivity index (χ3n) is 7.48. The van der Waals surface area contributed by atoms with E-state index in [1.807, 2.05) is 38.1 Å². The molecule has 4 aromatic rings. The molecule has 204 valence electrons. The Bertz CT molecular complexity index is 1610. The van der Waals surface area contributed by atoms with Gasteiger partial charge in [-0.3, -0.25) is 9.59 Å². The highest BCUT2D eigenvalue weighted by molar-refractivity contribution is 6.39. The maximum Gasteiger partial charge on any atom is 0.298 e. The van der Waals surface area contributed by atoms with Gasteiger partial charge in [0, 0.05) is 17.2 Å². The molecule has 1 aromatic heterocycles. The van der Waals surface area contributed by atoms with E-state index >= 15 is 0 Å². The Morgan fingerprint density at radius 1 is 1.05 bits per heavy atom. The normalized spacial score (nSPS) is 15.7. The molecule has 0 radical (unpaired) electrons. The lowest BCUT2D eigenvalue weighted by Gasteiger charge is -2.20. The van der Waals surface area contributed by atoms with Crippen molar-refractivity contribution in [3.8, 4) is 22.8 Å². The van der Waals surface area contributed by atoms with Crippen LogP contribution in [0.2, 0.25) is 10.0 Å². The van der Waals surface area contributed by atoms with Crippen molar-refractivity contribution < 1.29 is 23.6 Å². The molecule has 0 spiro atoms. The molecule has 0 saturated heterocycles. The molecule has 1 amide bonds. The SMILES string of the molecule is CC1(C)C(=O)N(Cc2cccc(OC=O)c2)c2ccc(OCc3c(-c4c(Cl)cccc4Cl)noc3C3CC3)cc21. The summed E-state index contributed by atoms with van der Waals surface area (Å²) in [5.74, 6) is 2.14. The molecular weight excluding hydrogens is 551 g/mol. The molecule has 9 heteroatoms. The number of carbonyl (C=O) groups excluding carboxylic acids is 2. The van der Waals surface area contributed by atoms with Crippen LogP contribution in [0.15, 0.2) is 65.2 Å². The number of rotatable bonds is 9. The molecule has 2 heterocycles. The van der Waals surface area contributed by atoms with E-state index < -0.39 is 5.41 Å². The van der Waals surface area contributed by atoms with E-state index in [1.165, 1.54) is 0 Å². The van der Waals surface area contributed by atoms with Crippen molar-refractivity contribution in [3.63, 3.8) is 0 Å². The Morgan fingerprint density at radius 3 is 2.52 bits per heavy atom. The van der Waals surface area contributed by atoms with Crippen molar-refractivity contribution in [2.75, 3.05) is 4.90 Å². The molecule has 0 unspecified atom stereocenters. The van der Waals surface area contributed by atoms with Gasteiger partial charge in [0.2, 0.25) is 5.91 Å². The highest BCUT2D eigenvalue weighted by atomic mass is 35.5. The number of anilines is 1. The zero-order valence-corrected chi connectivity index (χ0v) is 23.5. The first kappa shape index (κ1) is 26.4. The number of hydrogen-bond donors (Lipinski definition) is 0. The summed E-state index contributed by atoms with van der Waals surface area (Å²) in [6.45, 7) is 4.77. The number of benzene rings is 3. The summed E-state index contributed by atoms with van der Waals surface area (Å²) in [7, 11) is 0. The Balaban J connectivity index is 1.28. The minimum absolute atomic E-state index is 0.0212. The van der Waals surface area contributed by atoms with Crippen LogP contribution in [0.3, 0.4) is 0 Å². The fourth-order valence-electron chi connectivity index (χ4n) is 5.22. The average Bonchev–Trinajstić information content (AvgIpc) is 3.67. The number of amides is 1. The van der Waals surface area contributed by atoms with Crippen LogP contribution < -0.4 is 14.4 Å². The second kappa shape index (κ2) is 10.3. The van der Waals surface area contributed by atoms with Crippen LogP contribution in [0.4, 0.5) is 5.69 Å². The minimum Gasteiger partial charge on any atom is -0.489 e. The lowest BCUT2D eigenvalue weighted by molar-refractivity contribution is -0.122. The summed E-state index contributed by atoms with van der Waals surface area (Å²) >= 11 is 13.0. The largest absolute Gasteiger partial charge is 0.489 e. The van der Waals surface area contributed by atoms with Crippen molar-refractivity contribution in [2.45, 2.75) is 51.2 Å². The predicted molar refractivity (Wildman–Crippen MR) is 152 cm³/mol. The van der Waals surface area contributed by atoms with Gasteiger partial charge in [0.25, 0.3) is 6.47 Å². The number of nitrogens with zero attached hydrogens (tertiary/aromatic N) is 2. The molecule has 0 bridgehead atoms. The van der Waals surface area contributed by atoms with Gasteiger partial charge < -0.3 is 18.9 Å². The van der Waals surface area contributed by atoms with E-state index in [2.05, 4.69) is 5.16 Å². The predicted octanol–water partition coefficient (Wildman–Crippen LogP) is 7.46. The van der Waals surface area contributed by atoms with Gasteiger partial charge in [-0.25, -0.2) is 0 Å². The van der Waals surface area contributed by atoms with E-state index in [-0.39, 0.29) is 12.5 Å². The molecule has 1 aliphatic carbocycles. The van der Waals surface area contributed by atoms with Gasteiger partial charge in [-0.05, 0) is 80.3 Å². The van der Waals surface area contributed by atoms with Gasteiger partial charge in [0.15, 0.2) is 0 Å². The molecule has 40 heavy (non-hydrogen) atoms. The number of halogens is 2. The molecule has 0 N–H and O–H groups in total. The van der Waals surface area contributed by atoms with E-state index in [9.17, 15) is 9.59 Å². The van der Waals surface area contributed by atoms with E-state index in [1.54, 1.807) is 41.3 Å². The Hall–Kier alpha value is -3.81. The summed E-state index contributed by atoms with van der Waals surface area (Å²) < 4.78 is 17.0. The standard InChI is InChI=1S/C31H26Cl2N2O5/c1-31(2)23-14-21(11-12-26(23)35(30(31)37)15-18-5-3-6-20(13-18)39-17-36)38-16-22-28(34-40-29(22)19-9-10-19)27-24(32)7-4-8-25(27)33/h3-8,11-14,17,19H,9-10,15-16H2,1-2H3. The quantitative estimate of drug-likeness (QED) is 0.192. The summed E-state index contributed by atoms with van der Waals surface area (Å²) in [6.07, 6.45) is 2.07. The van der Waals surface area contributed by atoms with E-state index in [4.69, 9.17) is 37.2 Å². The van der Waals surface area contributed by atoms with Crippen molar-refractivity contribution in [1.82, 2.24) is 5.16 Å². The summed E-state index contributed by atoms with van der Waals surface area (Å²) in [4.78, 5) is 26.0. The van der Waals surface area contributed by atoms with E-state index in [0.717, 1.165) is 41.0 Å². The molecule has 3 aromatic carbocycles. The number of aromatic nitrogens is 1. The van der Waals surface area contributed by atoms with Crippen LogP contribution >= 0.6 is 23.2 Å².